The van der Waals surface area contributed by atoms with Gasteiger partial charge in [0.15, 0.2) is 6.29 Å². The van der Waals surface area contributed by atoms with E-state index in [0.717, 1.165) is 64.2 Å². The molecule has 13 heteroatoms. The van der Waals surface area contributed by atoms with Crippen molar-refractivity contribution in [2.75, 3.05) is 26.4 Å². The molecule has 1 rings (SSSR count). The number of rotatable bonds is 32. The van der Waals surface area contributed by atoms with Gasteiger partial charge in [0.1, 0.15) is 30.5 Å². The summed E-state index contributed by atoms with van der Waals surface area (Å²) in [4.78, 5) is 12.4. The quantitative estimate of drug-likeness (QED) is 0.0243. The Morgan fingerprint density at radius 2 is 1.33 bits per heavy atom. The molecule has 1 heterocycles. The van der Waals surface area contributed by atoms with Crippen molar-refractivity contribution in [2.45, 2.75) is 166 Å². The van der Waals surface area contributed by atoms with Crippen LogP contribution in [0, 0.1) is 0 Å². The van der Waals surface area contributed by atoms with Crippen LogP contribution in [0.3, 0.4) is 0 Å². The van der Waals surface area contributed by atoms with Crippen LogP contribution in [0.1, 0.15) is 129 Å². The van der Waals surface area contributed by atoms with Crippen molar-refractivity contribution in [3.8, 4) is 0 Å². The number of hydrogen-bond acceptors (Lipinski definition) is 11. The molecule has 1 saturated heterocycles. The normalized spacial score (nSPS) is 22.0. The van der Waals surface area contributed by atoms with Crippen molar-refractivity contribution >= 4 is 16.4 Å². The summed E-state index contributed by atoms with van der Waals surface area (Å²) in [5, 5.41) is 30.3. The molecule has 0 bridgehead atoms. The van der Waals surface area contributed by atoms with Crippen molar-refractivity contribution in [1.29, 1.82) is 0 Å². The number of carbonyl (C=O) groups is 1. The van der Waals surface area contributed by atoms with Gasteiger partial charge in [0.2, 0.25) is 0 Å². The Kier molecular flexibility index (Phi) is 29.0. The maximum atomic E-state index is 12.4. The van der Waals surface area contributed by atoms with Crippen LogP contribution in [0.4, 0.5) is 0 Å². The molecule has 0 aromatic heterocycles. The lowest BCUT2D eigenvalue weighted by molar-refractivity contribution is -0.301. The number of carbonyl (C=O) groups excluding carboxylic acids is 1. The van der Waals surface area contributed by atoms with E-state index in [0.29, 0.717) is 13.0 Å². The fourth-order valence-electron chi connectivity index (χ4n) is 5.54. The first-order valence-electron chi connectivity index (χ1n) is 19.4. The van der Waals surface area contributed by atoms with Gasteiger partial charge in [-0.15, -0.1) is 0 Å². The molecule has 6 atom stereocenters. The average molecular weight is 761 g/mol. The Balaban J connectivity index is 2.27. The van der Waals surface area contributed by atoms with Crippen molar-refractivity contribution in [3.05, 3.63) is 48.6 Å². The highest BCUT2D eigenvalue weighted by atomic mass is 32.3. The number of ether oxygens (including phenoxy) is 4. The average Bonchev–Trinajstić information content (AvgIpc) is 3.11. The molecule has 52 heavy (non-hydrogen) atoms. The Morgan fingerprint density at radius 1 is 0.750 bits per heavy atom. The third kappa shape index (κ3) is 25.1. The molecule has 0 spiro atoms. The summed E-state index contributed by atoms with van der Waals surface area (Å²) in [7, 11) is -5.05. The Bertz CT molecular complexity index is 1110. The van der Waals surface area contributed by atoms with E-state index in [1.807, 2.05) is 6.92 Å². The van der Waals surface area contributed by atoms with Crippen LogP contribution < -0.4 is 0 Å². The number of unbranched alkanes of at least 4 members (excludes halogenated alkanes) is 11. The van der Waals surface area contributed by atoms with Crippen molar-refractivity contribution in [2.24, 2.45) is 0 Å². The second-order valence-electron chi connectivity index (χ2n) is 13.1. The lowest BCUT2D eigenvalue weighted by Gasteiger charge is -2.41. The Hall–Kier alpha value is -1.94. The Labute approximate surface area is 313 Å². The molecule has 12 nitrogen and oxygen atoms in total. The Morgan fingerprint density at radius 3 is 1.90 bits per heavy atom. The SMILES string of the molecule is CC/C=C\C/C=C\C/C=C\C/C=C\CCCCCCCCCCCOCC(COC1OC(CO)C(O)C(OS(=O)(=O)O)C1O)OC(=O)CCCCC. The second-order valence-corrected chi connectivity index (χ2v) is 14.2. The molecule has 1 aliphatic rings. The predicted octanol–water partition coefficient (Wildman–Crippen LogP) is 6.84. The first kappa shape index (κ1) is 48.1. The summed E-state index contributed by atoms with van der Waals surface area (Å²) in [6.07, 6.45) is 26.9. The molecular weight excluding hydrogens is 692 g/mol. The first-order valence-corrected chi connectivity index (χ1v) is 20.8. The summed E-state index contributed by atoms with van der Waals surface area (Å²) in [6.45, 7) is 3.64. The van der Waals surface area contributed by atoms with E-state index < -0.39 is 59.8 Å². The fourth-order valence-corrected chi connectivity index (χ4v) is 6.05. The van der Waals surface area contributed by atoms with Crippen molar-refractivity contribution in [3.63, 3.8) is 0 Å². The van der Waals surface area contributed by atoms with Gasteiger partial charge in [-0.1, -0.05) is 120 Å². The van der Waals surface area contributed by atoms with Crippen LogP contribution in [0.2, 0.25) is 0 Å². The van der Waals surface area contributed by atoms with Gasteiger partial charge in [-0.05, 0) is 51.4 Å². The molecule has 0 radical (unpaired) electrons. The lowest BCUT2D eigenvalue weighted by Crippen LogP contribution is -2.60. The number of aliphatic hydroxyl groups is 3. The largest absolute Gasteiger partial charge is 0.457 e. The van der Waals surface area contributed by atoms with E-state index in [1.165, 1.54) is 38.5 Å². The molecule has 0 amide bonds. The van der Waals surface area contributed by atoms with Crippen LogP contribution in [0.25, 0.3) is 0 Å². The van der Waals surface area contributed by atoms with E-state index in [4.69, 9.17) is 23.5 Å². The summed E-state index contributed by atoms with van der Waals surface area (Å²) >= 11 is 0. The van der Waals surface area contributed by atoms with Gasteiger partial charge in [0.25, 0.3) is 0 Å². The van der Waals surface area contributed by atoms with Gasteiger partial charge < -0.3 is 34.3 Å². The number of esters is 1. The molecule has 302 valence electrons. The highest BCUT2D eigenvalue weighted by Gasteiger charge is 2.48. The molecule has 0 saturated carbocycles. The fraction of sp³-hybridized carbons (Fsp3) is 0.769. The number of allylic oxidation sites excluding steroid dienone is 8. The lowest BCUT2D eigenvalue weighted by atomic mass is 9.99. The van der Waals surface area contributed by atoms with Gasteiger partial charge >= 0.3 is 16.4 Å². The molecule has 0 aromatic rings. The van der Waals surface area contributed by atoms with Gasteiger partial charge in [0.05, 0.1) is 19.8 Å². The van der Waals surface area contributed by atoms with E-state index in [-0.39, 0.29) is 19.6 Å². The smallest absolute Gasteiger partial charge is 0.397 e. The number of aliphatic hydroxyl groups excluding tert-OH is 3. The topological polar surface area (TPSA) is 178 Å². The predicted molar refractivity (Wildman–Crippen MR) is 202 cm³/mol. The minimum Gasteiger partial charge on any atom is -0.457 e. The summed E-state index contributed by atoms with van der Waals surface area (Å²) in [6, 6.07) is 0. The number of hydrogen-bond donors (Lipinski definition) is 4. The molecule has 1 fully saturated rings. The minimum absolute atomic E-state index is 0.0280. The second kappa shape index (κ2) is 31.4. The van der Waals surface area contributed by atoms with E-state index >= 15 is 0 Å². The standard InChI is InChI=1S/C39H68O12S/c1-3-5-7-8-9-10-11-12-13-14-15-16-17-18-19-20-21-22-23-24-25-27-29-47-31-33(49-35(41)28-26-6-4-2)32-48-39-37(43)38(51-52(44,45)46)36(42)34(30-40)50-39/h5,7,9-10,12-13,15-16,33-34,36-40,42-43H,3-4,6,8,11,14,17-32H2,1-2H3,(H,44,45,46)/b7-5-,10-9-,13-12-,16-15-. The zero-order valence-electron chi connectivity index (χ0n) is 31.6. The zero-order chi connectivity index (χ0) is 38.3. The molecule has 0 aromatic carbocycles. The van der Waals surface area contributed by atoms with E-state index in [2.05, 4.69) is 59.7 Å². The van der Waals surface area contributed by atoms with Gasteiger partial charge in [-0.25, -0.2) is 4.18 Å². The van der Waals surface area contributed by atoms with Crippen LogP contribution in [0.5, 0.6) is 0 Å². The maximum Gasteiger partial charge on any atom is 0.397 e. The summed E-state index contributed by atoms with van der Waals surface area (Å²) in [5.74, 6) is -0.429. The van der Waals surface area contributed by atoms with Crippen LogP contribution >= 0.6 is 0 Å². The highest BCUT2D eigenvalue weighted by Crippen LogP contribution is 2.26. The van der Waals surface area contributed by atoms with Crippen LogP contribution in [-0.4, -0.2) is 97.5 Å². The van der Waals surface area contributed by atoms with Crippen LogP contribution in [0.15, 0.2) is 48.6 Å². The zero-order valence-corrected chi connectivity index (χ0v) is 32.4. The molecule has 4 N–H and O–H groups in total. The van der Waals surface area contributed by atoms with Gasteiger partial charge in [0, 0.05) is 13.0 Å². The maximum absolute atomic E-state index is 12.4. The molecule has 1 aliphatic heterocycles. The molecule has 6 unspecified atom stereocenters. The van der Waals surface area contributed by atoms with E-state index in [1.54, 1.807) is 0 Å². The van der Waals surface area contributed by atoms with Crippen molar-refractivity contribution < 1.29 is 56.2 Å². The van der Waals surface area contributed by atoms with Crippen molar-refractivity contribution in [1.82, 2.24) is 0 Å². The molecule has 0 aliphatic carbocycles. The summed E-state index contributed by atoms with van der Waals surface area (Å²) in [5.41, 5.74) is 0. The van der Waals surface area contributed by atoms with Crippen LogP contribution in [-0.2, 0) is 38.3 Å². The third-order valence-corrected chi connectivity index (χ3v) is 8.93. The third-order valence-electron chi connectivity index (χ3n) is 8.47. The van der Waals surface area contributed by atoms with E-state index in [9.17, 15) is 28.5 Å². The minimum atomic E-state index is -5.05. The first-order chi connectivity index (χ1) is 25.1. The van der Waals surface area contributed by atoms with Gasteiger partial charge in [-0.3, -0.25) is 9.35 Å². The molecular formula is C39H68O12S. The highest BCUT2D eigenvalue weighted by molar-refractivity contribution is 7.80. The monoisotopic (exact) mass is 760 g/mol. The van der Waals surface area contributed by atoms with Gasteiger partial charge in [-0.2, -0.15) is 8.42 Å². The summed E-state index contributed by atoms with van der Waals surface area (Å²) < 4.78 is 58.3.